The topological polar surface area (TPSA) is 56.3 Å². The van der Waals surface area contributed by atoms with E-state index in [1.807, 2.05) is 0 Å². The summed E-state index contributed by atoms with van der Waals surface area (Å²) in [5.74, 6) is 0. The van der Waals surface area contributed by atoms with Crippen molar-refractivity contribution in [3.05, 3.63) is 29.6 Å². The first kappa shape index (κ1) is 8.39. The van der Waals surface area contributed by atoms with Crippen LogP contribution >= 0.6 is 0 Å². The Hall–Kier alpha value is -1.71. The van der Waals surface area contributed by atoms with Gasteiger partial charge < -0.3 is 4.74 Å². The number of pyridine rings is 1. The molecular formula is C8H7NO3. The highest BCUT2D eigenvalue weighted by molar-refractivity contribution is 5.71. The standard InChI is InChI=1S/C8H7NO3/c10-4-7-2-1-3-8(9-7)5-12-6-11/h1-4,6H,5H2. The molecule has 1 heterocycles. The van der Waals surface area contributed by atoms with E-state index in [1.54, 1.807) is 18.2 Å². The number of carbonyl (C=O) groups is 2. The monoisotopic (exact) mass is 165 g/mol. The van der Waals surface area contributed by atoms with E-state index in [-0.39, 0.29) is 6.61 Å². The Morgan fingerprint density at radius 2 is 2.25 bits per heavy atom. The molecule has 1 aromatic heterocycles. The van der Waals surface area contributed by atoms with Crippen LogP contribution < -0.4 is 0 Å². The van der Waals surface area contributed by atoms with Crippen LogP contribution in [-0.4, -0.2) is 17.7 Å². The summed E-state index contributed by atoms with van der Waals surface area (Å²) < 4.78 is 4.46. The van der Waals surface area contributed by atoms with Crippen LogP contribution in [-0.2, 0) is 16.1 Å². The smallest absolute Gasteiger partial charge is 0.293 e. The summed E-state index contributed by atoms with van der Waals surface area (Å²) in [5.41, 5.74) is 0.897. The van der Waals surface area contributed by atoms with E-state index < -0.39 is 0 Å². The molecule has 0 aliphatic heterocycles. The first-order valence-electron chi connectivity index (χ1n) is 3.33. The average molecular weight is 165 g/mol. The average Bonchev–Trinajstić information content (AvgIpc) is 2.15. The van der Waals surface area contributed by atoms with Crippen molar-refractivity contribution in [1.82, 2.24) is 4.98 Å². The summed E-state index contributed by atoms with van der Waals surface area (Å²) >= 11 is 0. The Bertz CT molecular complexity index is 285. The quantitative estimate of drug-likeness (QED) is 0.612. The van der Waals surface area contributed by atoms with Crippen molar-refractivity contribution >= 4 is 12.8 Å². The number of carbonyl (C=O) groups excluding carboxylic acids is 2. The van der Waals surface area contributed by atoms with Crippen molar-refractivity contribution in [2.75, 3.05) is 0 Å². The number of hydrogen-bond acceptors (Lipinski definition) is 4. The lowest BCUT2D eigenvalue weighted by atomic mass is 10.3. The number of ether oxygens (including phenoxy) is 1. The molecule has 0 aromatic carbocycles. The number of aromatic nitrogens is 1. The molecular weight excluding hydrogens is 158 g/mol. The van der Waals surface area contributed by atoms with Crippen molar-refractivity contribution in [1.29, 1.82) is 0 Å². The van der Waals surface area contributed by atoms with E-state index in [1.165, 1.54) is 0 Å². The van der Waals surface area contributed by atoms with Crippen molar-refractivity contribution in [3.63, 3.8) is 0 Å². The lowest BCUT2D eigenvalue weighted by molar-refractivity contribution is -0.129. The molecule has 0 N–H and O–H groups in total. The first-order chi connectivity index (χ1) is 5.86. The van der Waals surface area contributed by atoms with Crippen LogP contribution in [0.2, 0.25) is 0 Å². The second-order valence-corrected chi connectivity index (χ2v) is 2.08. The van der Waals surface area contributed by atoms with Gasteiger partial charge in [0.2, 0.25) is 0 Å². The zero-order chi connectivity index (χ0) is 8.81. The summed E-state index contributed by atoms with van der Waals surface area (Å²) in [7, 11) is 0. The molecule has 0 aliphatic rings. The maximum atomic E-state index is 10.3. The van der Waals surface area contributed by atoms with Gasteiger partial charge in [-0.3, -0.25) is 9.59 Å². The van der Waals surface area contributed by atoms with Crippen LogP contribution in [0, 0.1) is 0 Å². The summed E-state index contributed by atoms with van der Waals surface area (Å²) in [4.78, 5) is 23.9. The zero-order valence-electron chi connectivity index (χ0n) is 6.27. The van der Waals surface area contributed by atoms with Gasteiger partial charge in [-0.05, 0) is 12.1 Å². The minimum absolute atomic E-state index is 0.102. The fourth-order valence-corrected chi connectivity index (χ4v) is 0.764. The van der Waals surface area contributed by atoms with E-state index in [0.717, 1.165) is 0 Å². The SMILES string of the molecule is O=COCc1cccc(C=O)n1. The van der Waals surface area contributed by atoms with Crippen LogP contribution in [0.4, 0.5) is 0 Å². The van der Waals surface area contributed by atoms with Gasteiger partial charge in [0.1, 0.15) is 12.3 Å². The summed E-state index contributed by atoms with van der Waals surface area (Å²) in [6, 6.07) is 4.94. The maximum absolute atomic E-state index is 10.3. The van der Waals surface area contributed by atoms with Crippen molar-refractivity contribution in [3.8, 4) is 0 Å². The van der Waals surface area contributed by atoms with E-state index in [0.29, 0.717) is 24.1 Å². The lowest BCUT2D eigenvalue weighted by Crippen LogP contribution is -1.96. The Morgan fingerprint density at radius 3 is 2.92 bits per heavy atom. The minimum atomic E-state index is 0.102. The molecule has 0 bridgehead atoms. The Balaban J connectivity index is 2.72. The van der Waals surface area contributed by atoms with Gasteiger partial charge in [-0.2, -0.15) is 0 Å². The number of hydrogen-bond donors (Lipinski definition) is 0. The van der Waals surface area contributed by atoms with E-state index in [2.05, 4.69) is 9.72 Å². The van der Waals surface area contributed by atoms with Crippen molar-refractivity contribution in [2.45, 2.75) is 6.61 Å². The molecule has 0 amide bonds. The highest BCUT2D eigenvalue weighted by atomic mass is 16.5. The fraction of sp³-hybridized carbons (Fsp3) is 0.125. The first-order valence-corrected chi connectivity index (χ1v) is 3.33. The molecule has 0 saturated carbocycles. The molecule has 0 saturated heterocycles. The largest absolute Gasteiger partial charge is 0.461 e. The van der Waals surface area contributed by atoms with E-state index in [4.69, 9.17) is 0 Å². The Kier molecular flexibility index (Phi) is 2.95. The molecule has 1 aromatic rings. The fourth-order valence-electron chi connectivity index (χ4n) is 0.764. The van der Waals surface area contributed by atoms with Crippen LogP contribution in [0.15, 0.2) is 18.2 Å². The summed E-state index contributed by atoms with van der Waals surface area (Å²) in [6.45, 7) is 0.445. The second-order valence-electron chi connectivity index (χ2n) is 2.08. The van der Waals surface area contributed by atoms with E-state index in [9.17, 15) is 9.59 Å². The molecule has 0 atom stereocenters. The highest BCUT2D eigenvalue weighted by Crippen LogP contribution is 1.98. The molecule has 62 valence electrons. The van der Waals surface area contributed by atoms with Crippen LogP contribution in [0.25, 0.3) is 0 Å². The van der Waals surface area contributed by atoms with Crippen molar-refractivity contribution < 1.29 is 14.3 Å². The summed E-state index contributed by atoms with van der Waals surface area (Å²) in [6.07, 6.45) is 0.643. The minimum Gasteiger partial charge on any atom is -0.461 e. The van der Waals surface area contributed by atoms with Gasteiger partial charge in [0.15, 0.2) is 6.29 Å². The molecule has 12 heavy (non-hydrogen) atoms. The van der Waals surface area contributed by atoms with Gasteiger partial charge in [0, 0.05) is 0 Å². The van der Waals surface area contributed by atoms with Crippen molar-refractivity contribution in [2.24, 2.45) is 0 Å². The third-order valence-corrected chi connectivity index (χ3v) is 1.25. The number of aldehydes is 1. The molecule has 1 rings (SSSR count). The molecule has 0 unspecified atom stereocenters. The van der Waals surface area contributed by atoms with Gasteiger partial charge >= 0.3 is 0 Å². The van der Waals surface area contributed by atoms with Gasteiger partial charge in [0.25, 0.3) is 6.47 Å². The molecule has 0 radical (unpaired) electrons. The molecule has 4 heteroatoms. The summed E-state index contributed by atoms with van der Waals surface area (Å²) in [5, 5.41) is 0. The zero-order valence-corrected chi connectivity index (χ0v) is 6.27. The van der Waals surface area contributed by atoms with Crippen LogP contribution in [0.5, 0.6) is 0 Å². The highest BCUT2D eigenvalue weighted by Gasteiger charge is 1.95. The predicted molar refractivity (Wildman–Crippen MR) is 40.5 cm³/mol. The van der Waals surface area contributed by atoms with E-state index >= 15 is 0 Å². The number of rotatable bonds is 4. The Morgan fingerprint density at radius 1 is 1.42 bits per heavy atom. The third-order valence-electron chi connectivity index (χ3n) is 1.25. The molecule has 0 aliphatic carbocycles. The second kappa shape index (κ2) is 4.23. The van der Waals surface area contributed by atoms with Crippen LogP contribution in [0.3, 0.4) is 0 Å². The number of nitrogens with zero attached hydrogens (tertiary/aromatic N) is 1. The van der Waals surface area contributed by atoms with Gasteiger partial charge in [0.05, 0.1) is 5.69 Å². The Labute approximate surface area is 69.2 Å². The lowest BCUT2D eigenvalue weighted by Gasteiger charge is -1.97. The predicted octanol–water partition coefficient (Wildman–Crippen LogP) is 0.567. The molecule has 0 fully saturated rings. The van der Waals surface area contributed by atoms with Gasteiger partial charge in [-0.1, -0.05) is 6.07 Å². The van der Waals surface area contributed by atoms with Gasteiger partial charge in [-0.25, -0.2) is 4.98 Å². The third kappa shape index (κ3) is 2.16. The normalized spacial score (nSPS) is 9.00. The molecule has 0 spiro atoms. The molecule has 4 nitrogen and oxygen atoms in total. The van der Waals surface area contributed by atoms with Crippen LogP contribution in [0.1, 0.15) is 16.2 Å². The van der Waals surface area contributed by atoms with Gasteiger partial charge in [-0.15, -0.1) is 0 Å². The maximum Gasteiger partial charge on any atom is 0.293 e.